The molecule has 1 atom stereocenters. The van der Waals surface area contributed by atoms with Gasteiger partial charge in [-0.05, 0) is 38.9 Å². The van der Waals surface area contributed by atoms with Crippen LogP contribution in [-0.2, 0) is 9.59 Å². The molecule has 1 aromatic carbocycles. The van der Waals surface area contributed by atoms with Crippen LogP contribution in [0.25, 0.3) is 0 Å². The van der Waals surface area contributed by atoms with Crippen molar-refractivity contribution in [2.24, 2.45) is 0 Å². The Balaban J connectivity index is 1.68. The van der Waals surface area contributed by atoms with E-state index in [2.05, 4.69) is 10.6 Å². The monoisotopic (exact) mass is 335 g/mol. The summed E-state index contributed by atoms with van der Waals surface area (Å²) in [5, 5.41) is 6.07. The van der Waals surface area contributed by atoms with Crippen LogP contribution in [0.2, 0.25) is 0 Å². The maximum absolute atomic E-state index is 12.2. The highest BCUT2D eigenvalue weighted by Gasteiger charge is 2.22. The van der Waals surface area contributed by atoms with Gasteiger partial charge in [0.1, 0.15) is 0 Å². The van der Waals surface area contributed by atoms with Gasteiger partial charge < -0.3 is 15.5 Å². The summed E-state index contributed by atoms with van der Waals surface area (Å²) in [4.78, 5) is 26.0. The van der Waals surface area contributed by atoms with E-state index in [1.807, 2.05) is 43.1 Å². The molecular weight excluding hydrogens is 310 g/mol. The van der Waals surface area contributed by atoms with Crippen LogP contribution >= 0.6 is 11.8 Å². The highest BCUT2D eigenvalue weighted by molar-refractivity contribution is 8.00. The fourth-order valence-corrected chi connectivity index (χ4v) is 3.31. The van der Waals surface area contributed by atoms with E-state index < -0.39 is 0 Å². The molecule has 126 valence electrons. The molecule has 0 aliphatic carbocycles. The second-order valence-corrected chi connectivity index (χ2v) is 6.86. The molecule has 2 rings (SSSR count). The van der Waals surface area contributed by atoms with Gasteiger partial charge in [0.25, 0.3) is 0 Å². The third kappa shape index (κ3) is 5.88. The minimum absolute atomic E-state index is 0.0709. The molecule has 1 unspecified atom stereocenters. The maximum atomic E-state index is 12.2. The first-order valence-corrected chi connectivity index (χ1v) is 9.13. The number of likely N-dealkylation sites (tertiary alicyclic amines) is 1. The average Bonchev–Trinajstić information content (AvgIpc) is 2.57. The zero-order chi connectivity index (χ0) is 16.7. The highest BCUT2D eigenvalue weighted by atomic mass is 32.2. The van der Waals surface area contributed by atoms with E-state index >= 15 is 0 Å². The molecule has 2 N–H and O–H groups in total. The molecule has 2 amide bonds. The number of anilines is 1. The van der Waals surface area contributed by atoms with E-state index in [9.17, 15) is 9.59 Å². The molecule has 5 nitrogen and oxygen atoms in total. The Morgan fingerprint density at radius 1 is 1.26 bits per heavy atom. The molecule has 0 spiro atoms. The van der Waals surface area contributed by atoms with Crippen molar-refractivity contribution in [3.63, 3.8) is 0 Å². The first-order valence-electron chi connectivity index (χ1n) is 7.98. The van der Waals surface area contributed by atoms with Gasteiger partial charge in [-0.2, -0.15) is 0 Å². The van der Waals surface area contributed by atoms with E-state index in [4.69, 9.17) is 0 Å². The number of benzene rings is 1. The summed E-state index contributed by atoms with van der Waals surface area (Å²) in [5.74, 6) is 0.706. The zero-order valence-corrected chi connectivity index (χ0v) is 14.6. The van der Waals surface area contributed by atoms with Crippen molar-refractivity contribution in [2.45, 2.75) is 25.8 Å². The van der Waals surface area contributed by atoms with Crippen molar-refractivity contribution < 1.29 is 9.59 Å². The van der Waals surface area contributed by atoms with Gasteiger partial charge in [-0.15, -0.1) is 11.8 Å². The predicted molar refractivity (Wildman–Crippen MR) is 95.8 cm³/mol. The van der Waals surface area contributed by atoms with E-state index in [1.54, 1.807) is 0 Å². The van der Waals surface area contributed by atoms with Crippen molar-refractivity contribution >= 4 is 29.3 Å². The number of likely N-dealkylation sites (N-methyl/N-ethyl adjacent to an activating group) is 1. The molecule has 0 aromatic heterocycles. The van der Waals surface area contributed by atoms with Crippen molar-refractivity contribution in [2.75, 3.05) is 37.0 Å². The number of piperidine rings is 1. The van der Waals surface area contributed by atoms with Gasteiger partial charge in [0.15, 0.2) is 0 Å². The molecule has 0 radical (unpaired) electrons. The third-order valence-electron chi connectivity index (χ3n) is 3.98. The quantitative estimate of drug-likeness (QED) is 0.833. The summed E-state index contributed by atoms with van der Waals surface area (Å²) in [6, 6.07) is 8.08. The number of carbonyl (C=O) groups excluding carboxylic acids is 2. The first-order chi connectivity index (χ1) is 11.1. The molecular formula is C17H25N3O2S. The van der Waals surface area contributed by atoms with Gasteiger partial charge >= 0.3 is 0 Å². The van der Waals surface area contributed by atoms with E-state index in [-0.39, 0.29) is 11.8 Å². The largest absolute Gasteiger partial charge is 0.340 e. The van der Waals surface area contributed by atoms with Gasteiger partial charge in [-0.3, -0.25) is 9.59 Å². The maximum Gasteiger partial charge on any atom is 0.234 e. The Kier molecular flexibility index (Phi) is 6.92. The second-order valence-electron chi connectivity index (χ2n) is 5.87. The lowest BCUT2D eigenvalue weighted by Crippen LogP contribution is -2.47. The summed E-state index contributed by atoms with van der Waals surface area (Å²) < 4.78 is 0. The third-order valence-corrected chi connectivity index (χ3v) is 4.89. The number of hydrogen-bond acceptors (Lipinski definition) is 4. The lowest BCUT2D eigenvalue weighted by Gasteiger charge is -2.32. The second kappa shape index (κ2) is 8.93. The summed E-state index contributed by atoms with van der Waals surface area (Å²) >= 11 is 1.37. The SMILES string of the molecule is CNC1CCCN(C(=O)CSCC(=O)Nc2ccc(C)cc2)C1. The molecule has 1 aliphatic rings. The molecule has 6 heteroatoms. The van der Waals surface area contributed by atoms with Crippen LogP contribution in [-0.4, -0.2) is 54.4 Å². The van der Waals surface area contributed by atoms with E-state index in [1.165, 1.54) is 11.8 Å². The normalized spacial score (nSPS) is 17.8. The number of thioether (sulfide) groups is 1. The Bertz CT molecular complexity index is 533. The number of carbonyl (C=O) groups is 2. The van der Waals surface area contributed by atoms with Crippen molar-refractivity contribution in [3.05, 3.63) is 29.8 Å². The lowest BCUT2D eigenvalue weighted by molar-refractivity contribution is -0.129. The van der Waals surface area contributed by atoms with Crippen LogP contribution < -0.4 is 10.6 Å². The Labute approximate surface area is 142 Å². The van der Waals surface area contributed by atoms with Gasteiger partial charge in [-0.25, -0.2) is 0 Å². The van der Waals surface area contributed by atoms with Gasteiger partial charge in [0.2, 0.25) is 11.8 Å². The molecule has 1 saturated heterocycles. The van der Waals surface area contributed by atoms with Crippen LogP contribution in [0.4, 0.5) is 5.69 Å². The van der Waals surface area contributed by atoms with Crippen LogP contribution in [0, 0.1) is 6.92 Å². The van der Waals surface area contributed by atoms with Crippen LogP contribution in [0.3, 0.4) is 0 Å². The first kappa shape index (κ1) is 17.8. The highest BCUT2D eigenvalue weighted by Crippen LogP contribution is 2.13. The van der Waals surface area contributed by atoms with Crippen LogP contribution in [0.5, 0.6) is 0 Å². The number of rotatable bonds is 6. The Morgan fingerprint density at radius 3 is 2.70 bits per heavy atom. The Hall–Kier alpha value is -1.53. The minimum atomic E-state index is -0.0709. The smallest absolute Gasteiger partial charge is 0.234 e. The topological polar surface area (TPSA) is 61.4 Å². The molecule has 0 bridgehead atoms. The van der Waals surface area contributed by atoms with Crippen LogP contribution in [0.15, 0.2) is 24.3 Å². The summed E-state index contributed by atoms with van der Waals surface area (Å²) in [6.07, 6.45) is 2.15. The van der Waals surface area contributed by atoms with Crippen molar-refractivity contribution in [1.82, 2.24) is 10.2 Å². The Morgan fingerprint density at radius 2 is 2.00 bits per heavy atom. The van der Waals surface area contributed by atoms with Gasteiger partial charge in [0.05, 0.1) is 11.5 Å². The van der Waals surface area contributed by atoms with Crippen LogP contribution in [0.1, 0.15) is 18.4 Å². The molecule has 1 fully saturated rings. The predicted octanol–water partition coefficient (Wildman–Crippen LogP) is 1.88. The standard InChI is InChI=1S/C17H25N3O2S/c1-13-5-7-14(8-6-13)19-16(21)11-23-12-17(22)20-9-3-4-15(10-20)18-2/h5-8,15,18H,3-4,9-12H2,1-2H3,(H,19,21). The summed E-state index contributed by atoms with van der Waals surface area (Å²) in [7, 11) is 1.93. The molecule has 1 aliphatic heterocycles. The molecule has 1 aromatic rings. The molecule has 1 heterocycles. The number of hydrogen-bond donors (Lipinski definition) is 2. The minimum Gasteiger partial charge on any atom is -0.340 e. The number of nitrogens with zero attached hydrogens (tertiary/aromatic N) is 1. The van der Waals surface area contributed by atoms with Gasteiger partial charge in [-0.1, -0.05) is 17.7 Å². The summed E-state index contributed by atoms with van der Waals surface area (Å²) in [6.45, 7) is 3.60. The van der Waals surface area contributed by atoms with Gasteiger partial charge in [0, 0.05) is 24.8 Å². The number of amides is 2. The fourth-order valence-electron chi connectivity index (χ4n) is 2.60. The van der Waals surface area contributed by atoms with E-state index in [0.717, 1.165) is 37.2 Å². The molecule has 0 saturated carbocycles. The summed E-state index contributed by atoms with van der Waals surface area (Å²) in [5.41, 5.74) is 1.95. The number of aryl methyl sites for hydroxylation is 1. The zero-order valence-electron chi connectivity index (χ0n) is 13.8. The van der Waals surface area contributed by atoms with E-state index in [0.29, 0.717) is 17.5 Å². The van der Waals surface area contributed by atoms with Crippen molar-refractivity contribution in [1.29, 1.82) is 0 Å². The van der Waals surface area contributed by atoms with Crippen molar-refractivity contribution in [3.8, 4) is 0 Å². The fraction of sp³-hybridized carbons (Fsp3) is 0.529. The molecule has 23 heavy (non-hydrogen) atoms. The lowest BCUT2D eigenvalue weighted by atomic mass is 10.1. The average molecular weight is 335 g/mol. The number of nitrogens with one attached hydrogen (secondary N) is 2.